The summed E-state index contributed by atoms with van der Waals surface area (Å²) in [6.07, 6.45) is 6.54. The fourth-order valence-corrected chi connectivity index (χ4v) is 3.68. The smallest absolute Gasteiger partial charge is 0.0250 e. The molecule has 18 heavy (non-hydrogen) atoms. The molecule has 2 fully saturated rings. The standard InChI is InChI=1S/C15H31N3/c1-3-7-17-8-10-18(11-9-17)15-12-13(4-2)5-6-14(15)16/h13-15H,3-12,16H2,1-2H3. The first-order valence-electron chi connectivity index (χ1n) is 7.96. The van der Waals surface area contributed by atoms with Crippen LogP contribution in [0.2, 0.25) is 0 Å². The largest absolute Gasteiger partial charge is 0.326 e. The van der Waals surface area contributed by atoms with Crippen LogP contribution in [0.4, 0.5) is 0 Å². The van der Waals surface area contributed by atoms with Gasteiger partial charge in [0, 0.05) is 38.3 Å². The second-order valence-corrected chi connectivity index (χ2v) is 6.20. The monoisotopic (exact) mass is 253 g/mol. The summed E-state index contributed by atoms with van der Waals surface area (Å²) in [7, 11) is 0. The van der Waals surface area contributed by atoms with Crippen LogP contribution in [0.3, 0.4) is 0 Å². The first kappa shape index (κ1) is 14.3. The summed E-state index contributed by atoms with van der Waals surface area (Å²) < 4.78 is 0. The topological polar surface area (TPSA) is 32.5 Å². The van der Waals surface area contributed by atoms with Gasteiger partial charge >= 0.3 is 0 Å². The SMILES string of the molecule is CCCN1CCN(C2CC(CC)CCC2N)CC1. The lowest BCUT2D eigenvalue weighted by atomic mass is 9.80. The van der Waals surface area contributed by atoms with Gasteiger partial charge in [-0.2, -0.15) is 0 Å². The molecule has 3 heteroatoms. The van der Waals surface area contributed by atoms with Gasteiger partial charge in [0.25, 0.3) is 0 Å². The van der Waals surface area contributed by atoms with Crippen molar-refractivity contribution in [3.63, 3.8) is 0 Å². The van der Waals surface area contributed by atoms with Crippen LogP contribution in [0, 0.1) is 5.92 Å². The highest BCUT2D eigenvalue weighted by Gasteiger charge is 2.33. The Kier molecular flexibility index (Phi) is 5.46. The van der Waals surface area contributed by atoms with Crippen molar-refractivity contribution in [1.29, 1.82) is 0 Å². The normalized spacial score (nSPS) is 35.8. The maximum absolute atomic E-state index is 6.36. The molecule has 0 aromatic carbocycles. The third kappa shape index (κ3) is 3.46. The van der Waals surface area contributed by atoms with E-state index in [1.54, 1.807) is 0 Å². The van der Waals surface area contributed by atoms with Crippen molar-refractivity contribution in [3.8, 4) is 0 Å². The summed E-state index contributed by atoms with van der Waals surface area (Å²) in [6, 6.07) is 1.08. The predicted octanol–water partition coefficient (Wildman–Crippen LogP) is 1.92. The molecular formula is C15H31N3. The van der Waals surface area contributed by atoms with Crippen molar-refractivity contribution in [2.75, 3.05) is 32.7 Å². The minimum absolute atomic E-state index is 0.422. The van der Waals surface area contributed by atoms with Crippen LogP contribution < -0.4 is 5.73 Å². The maximum Gasteiger partial charge on any atom is 0.0250 e. The summed E-state index contributed by atoms with van der Waals surface area (Å²) in [5, 5.41) is 0. The van der Waals surface area contributed by atoms with Gasteiger partial charge in [0.2, 0.25) is 0 Å². The minimum atomic E-state index is 0.422. The molecule has 0 aromatic heterocycles. The third-order valence-corrected chi connectivity index (χ3v) is 4.97. The van der Waals surface area contributed by atoms with Crippen LogP contribution in [0.25, 0.3) is 0 Å². The third-order valence-electron chi connectivity index (χ3n) is 4.97. The molecule has 1 saturated heterocycles. The number of nitrogens with two attached hydrogens (primary N) is 1. The number of piperazine rings is 1. The van der Waals surface area contributed by atoms with E-state index in [4.69, 9.17) is 5.73 Å². The van der Waals surface area contributed by atoms with Crippen LogP contribution in [-0.2, 0) is 0 Å². The lowest BCUT2D eigenvalue weighted by molar-refractivity contribution is 0.0559. The average molecular weight is 253 g/mol. The molecule has 1 aliphatic carbocycles. The summed E-state index contributed by atoms with van der Waals surface area (Å²) in [5.74, 6) is 0.920. The molecule has 0 spiro atoms. The van der Waals surface area contributed by atoms with E-state index in [0.29, 0.717) is 12.1 Å². The Labute approximate surface area is 113 Å². The molecular weight excluding hydrogens is 222 g/mol. The van der Waals surface area contributed by atoms with Crippen LogP contribution >= 0.6 is 0 Å². The van der Waals surface area contributed by atoms with E-state index in [0.717, 1.165) is 5.92 Å². The Morgan fingerprint density at radius 1 is 1.06 bits per heavy atom. The van der Waals surface area contributed by atoms with Gasteiger partial charge in [-0.3, -0.25) is 4.90 Å². The summed E-state index contributed by atoms with van der Waals surface area (Å²) in [4.78, 5) is 5.28. The Morgan fingerprint density at radius 3 is 2.39 bits per heavy atom. The maximum atomic E-state index is 6.36. The molecule has 2 rings (SSSR count). The lowest BCUT2D eigenvalue weighted by Gasteiger charge is -2.45. The molecule has 106 valence electrons. The first-order chi connectivity index (χ1) is 8.74. The van der Waals surface area contributed by atoms with E-state index in [2.05, 4.69) is 23.6 Å². The zero-order valence-corrected chi connectivity index (χ0v) is 12.3. The van der Waals surface area contributed by atoms with E-state index < -0.39 is 0 Å². The van der Waals surface area contributed by atoms with Gasteiger partial charge in [-0.1, -0.05) is 20.3 Å². The Hall–Kier alpha value is -0.120. The van der Waals surface area contributed by atoms with Gasteiger partial charge in [-0.05, 0) is 38.1 Å². The number of rotatable bonds is 4. The van der Waals surface area contributed by atoms with Crippen LogP contribution in [0.15, 0.2) is 0 Å². The molecule has 1 saturated carbocycles. The Bertz CT molecular complexity index is 236. The van der Waals surface area contributed by atoms with E-state index >= 15 is 0 Å². The fourth-order valence-electron chi connectivity index (χ4n) is 3.68. The molecule has 2 N–H and O–H groups in total. The van der Waals surface area contributed by atoms with Crippen molar-refractivity contribution in [2.24, 2.45) is 11.7 Å². The molecule has 3 unspecified atom stereocenters. The van der Waals surface area contributed by atoms with Crippen molar-refractivity contribution < 1.29 is 0 Å². The summed E-state index contributed by atoms with van der Waals surface area (Å²) in [6.45, 7) is 10.8. The molecule has 3 nitrogen and oxygen atoms in total. The van der Waals surface area contributed by atoms with E-state index in [1.165, 1.54) is 64.8 Å². The first-order valence-corrected chi connectivity index (χ1v) is 7.96. The predicted molar refractivity (Wildman–Crippen MR) is 77.7 cm³/mol. The molecule has 3 atom stereocenters. The van der Waals surface area contributed by atoms with E-state index in [1.807, 2.05) is 0 Å². The van der Waals surface area contributed by atoms with Gasteiger partial charge in [-0.15, -0.1) is 0 Å². The summed E-state index contributed by atoms with van der Waals surface area (Å²) in [5.41, 5.74) is 6.36. The van der Waals surface area contributed by atoms with Gasteiger partial charge in [-0.25, -0.2) is 0 Å². The van der Waals surface area contributed by atoms with Gasteiger partial charge in [0.15, 0.2) is 0 Å². The van der Waals surface area contributed by atoms with Crippen molar-refractivity contribution in [3.05, 3.63) is 0 Å². The summed E-state index contributed by atoms with van der Waals surface area (Å²) >= 11 is 0. The van der Waals surface area contributed by atoms with Crippen LogP contribution in [0.1, 0.15) is 46.0 Å². The number of hydrogen-bond donors (Lipinski definition) is 1. The van der Waals surface area contributed by atoms with Crippen LogP contribution in [0.5, 0.6) is 0 Å². The molecule has 2 aliphatic rings. The molecule has 0 aromatic rings. The molecule has 1 heterocycles. The number of nitrogens with zero attached hydrogens (tertiary/aromatic N) is 2. The van der Waals surface area contributed by atoms with Gasteiger partial charge < -0.3 is 10.6 Å². The second kappa shape index (κ2) is 6.88. The van der Waals surface area contributed by atoms with E-state index in [9.17, 15) is 0 Å². The van der Waals surface area contributed by atoms with Gasteiger partial charge in [0.1, 0.15) is 0 Å². The zero-order valence-electron chi connectivity index (χ0n) is 12.3. The number of hydrogen-bond acceptors (Lipinski definition) is 3. The highest BCUT2D eigenvalue weighted by molar-refractivity contribution is 4.90. The minimum Gasteiger partial charge on any atom is -0.326 e. The second-order valence-electron chi connectivity index (χ2n) is 6.20. The zero-order chi connectivity index (χ0) is 13.0. The van der Waals surface area contributed by atoms with Crippen molar-refractivity contribution in [1.82, 2.24) is 9.80 Å². The van der Waals surface area contributed by atoms with E-state index in [-0.39, 0.29) is 0 Å². The molecule has 0 bridgehead atoms. The van der Waals surface area contributed by atoms with Crippen molar-refractivity contribution >= 4 is 0 Å². The quantitative estimate of drug-likeness (QED) is 0.831. The highest BCUT2D eigenvalue weighted by Crippen LogP contribution is 2.29. The van der Waals surface area contributed by atoms with Gasteiger partial charge in [0.05, 0.1) is 0 Å². The Morgan fingerprint density at radius 2 is 1.78 bits per heavy atom. The van der Waals surface area contributed by atoms with Crippen molar-refractivity contribution in [2.45, 2.75) is 58.0 Å². The Balaban J connectivity index is 1.83. The average Bonchev–Trinajstić information content (AvgIpc) is 2.41. The lowest BCUT2D eigenvalue weighted by Crippen LogP contribution is -2.57. The van der Waals surface area contributed by atoms with Crippen LogP contribution in [-0.4, -0.2) is 54.6 Å². The molecule has 0 amide bonds. The molecule has 0 radical (unpaired) electrons. The highest BCUT2D eigenvalue weighted by atomic mass is 15.3. The molecule has 1 aliphatic heterocycles. The fraction of sp³-hybridized carbons (Fsp3) is 1.00.